The van der Waals surface area contributed by atoms with Crippen molar-refractivity contribution in [3.63, 3.8) is 0 Å². The van der Waals surface area contributed by atoms with Crippen LogP contribution in [0.3, 0.4) is 0 Å². The highest BCUT2D eigenvalue weighted by Gasteiger charge is 2.18. The first-order valence-electron chi connectivity index (χ1n) is 14.4. The van der Waals surface area contributed by atoms with Crippen LogP contribution < -0.4 is 9.64 Å². The Labute approximate surface area is 240 Å². The first kappa shape index (κ1) is 27.4. The van der Waals surface area contributed by atoms with E-state index < -0.39 is 0 Å². The summed E-state index contributed by atoms with van der Waals surface area (Å²) < 4.78 is 26.8. The Hall–Kier alpha value is -3.80. The molecule has 11 nitrogen and oxygen atoms in total. The largest absolute Gasteiger partial charge is 0.463 e. The summed E-state index contributed by atoms with van der Waals surface area (Å²) in [5.74, 6) is 1.46. The third-order valence-electron chi connectivity index (χ3n) is 7.22. The molecule has 0 saturated carbocycles. The second-order valence-electron chi connectivity index (χ2n) is 10.4. The molecule has 0 aliphatic carbocycles. The first-order chi connectivity index (χ1) is 20.2. The van der Waals surface area contributed by atoms with Crippen molar-refractivity contribution in [3.8, 4) is 23.1 Å². The Morgan fingerprint density at radius 1 is 1.00 bits per heavy atom. The predicted octanol–water partition coefficient (Wildman–Crippen LogP) is 3.84. The highest BCUT2D eigenvalue weighted by molar-refractivity contribution is 5.60. The smallest absolute Gasteiger partial charge is 0.320 e. The Morgan fingerprint density at radius 3 is 2.76 bits per heavy atom. The average Bonchev–Trinajstić information content (AvgIpc) is 3.69. The van der Waals surface area contributed by atoms with E-state index in [0.29, 0.717) is 51.2 Å². The van der Waals surface area contributed by atoms with Gasteiger partial charge in [0.25, 0.3) is 0 Å². The van der Waals surface area contributed by atoms with Crippen LogP contribution in [-0.2, 0) is 27.2 Å². The summed E-state index contributed by atoms with van der Waals surface area (Å²) in [6.07, 6.45) is 9.67. The van der Waals surface area contributed by atoms with Crippen molar-refractivity contribution < 1.29 is 18.9 Å². The van der Waals surface area contributed by atoms with Gasteiger partial charge in [-0.05, 0) is 43.9 Å². The molecule has 5 heterocycles. The Balaban J connectivity index is 1.10. The number of hydrogen-bond acceptors (Lipinski definition) is 9. The number of anilines is 1. The molecule has 11 heteroatoms. The van der Waals surface area contributed by atoms with E-state index >= 15 is 0 Å². The number of aryl methyl sites for hydroxylation is 1. The van der Waals surface area contributed by atoms with Crippen LogP contribution in [0.1, 0.15) is 30.4 Å². The molecule has 6 rings (SSSR count). The molecule has 2 saturated heterocycles. The quantitative estimate of drug-likeness (QED) is 0.271. The van der Waals surface area contributed by atoms with E-state index in [1.807, 2.05) is 41.5 Å². The summed E-state index contributed by atoms with van der Waals surface area (Å²) in [6, 6.07) is 12.6. The number of morpholine rings is 1. The van der Waals surface area contributed by atoms with Crippen LogP contribution in [-0.4, -0.2) is 81.9 Å². The van der Waals surface area contributed by atoms with Gasteiger partial charge in [-0.3, -0.25) is 4.68 Å². The molecular weight excluding hydrogens is 522 g/mol. The third kappa shape index (κ3) is 7.29. The third-order valence-corrected chi connectivity index (χ3v) is 7.22. The summed E-state index contributed by atoms with van der Waals surface area (Å²) in [7, 11) is 0. The van der Waals surface area contributed by atoms with Gasteiger partial charge in [-0.2, -0.15) is 20.2 Å². The van der Waals surface area contributed by atoms with Crippen LogP contribution in [0.2, 0.25) is 0 Å². The predicted molar refractivity (Wildman–Crippen MR) is 153 cm³/mol. The fraction of sp³-hybridized carbons (Fsp3) is 0.467. The molecule has 1 unspecified atom stereocenters. The number of nitrogens with zero attached hydrogens (tertiary/aromatic N) is 7. The van der Waals surface area contributed by atoms with Gasteiger partial charge in [-0.1, -0.05) is 23.8 Å². The number of ether oxygens (including phenoxy) is 4. The molecule has 2 fully saturated rings. The van der Waals surface area contributed by atoms with E-state index in [4.69, 9.17) is 34.0 Å². The molecule has 1 aromatic carbocycles. The molecular formula is C30H37N7O4. The number of rotatable bonds is 11. The van der Waals surface area contributed by atoms with Crippen molar-refractivity contribution in [2.24, 2.45) is 0 Å². The molecule has 216 valence electrons. The van der Waals surface area contributed by atoms with Gasteiger partial charge in [0.15, 0.2) is 12.1 Å². The topological polar surface area (TPSA) is 102 Å². The van der Waals surface area contributed by atoms with Gasteiger partial charge in [-0.25, -0.2) is 4.68 Å². The zero-order chi connectivity index (χ0) is 27.9. The summed E-state index contributed by atoms with van der Waals surface area (Å²) in [6.45, 7) is 7.41. The minimum Gasteiger partial charge on any atom is -0.463 e. The van der Waals surface area contributed by atoms with Crippen molar-refractivity contribution in [2.45, 2.75) is 45.4 Å². The molecule has 0 bridgehead atoms. The van der Waals surface area contributed by atoms with Crippen molar-refractivity contribution in [3.05, 3.63) is 66.1 Å². The maximum Gasteiger partial charge on any atom is 0.320 e. The zero-order valence-corrected chi connectivity index (χ0v) is 23.5. The Morgan fingerprint density at radius 2 is 1.90 bits per heavy atom. The number of hydrogen-bond donors (Lipinski definition) is 0. The van der Waals surface area contributed by atoms with E-state index in [1.165, 1.54) is 5.56 Å². The van der Waals surface area contributed by atoms with Crippen LogP contribution in [0.5, 0.6) is 6.01 Å². The molecule has 4 aromatic rings. The van der Waals surface area contributed by atoms with Crippen LogP contribution in [0.4, 0.5) is 5.82 Å². The lowest BCUT2D eigenvalue weighted by molar-refractivity contribution is -0.163. The molecule has 3 aromatic heterocycles. The van der Waals surface area contributed by atoms with Gasteiger partial charge in [0.1, 0.15) is 5.82 Å². The normalized spacial score (nSPS) is 17.6. The SMILES string of the molecule is Cc1cccc(-c2ccn(-c3cc(N4CCOCC4)nc(OCCc4cnn(CCOC5CCCCO5)c4)n3)n2)c1. The van der Waals surface area contributed by atoms with Gasteiger partial charge < -0.3 is 23.8 Å². The van der Waals surface area contributed by atoms with Crippen LogP contribution in [0, 0.1) is 6.92 Å². The standard InChI is InChI=1S/C30H37N7O4/c1-23-5-4-6-25(19-23)26-8-10-37(34-26)28-20-27(35-11-16-38-17-12-35)32-30(33-28)41-15-9-24-21-31-36(22-24)13-18-40-29-7-2-3-14-39-29/h4-6,8,10,19-22,29H,2-3,7,9,11-18H2,1H3. The molecule has 41 heavy (non-hydrogen) atoms. The molecule has 2 aliphatic heterocycles. The summed E-state index contributed by atoms with van der Waals surface area (Å²) in [5, 5.41) is 9.27. The van der Waals surface area contributed by atoms with Gasteiger partial charge in [0, 0.05) is 50.1 Å². The van der Waals surface area contributed by atoms with Gasteiger partial charge >= 0.3 is 6.01 Å². The first-order valence-corrected chi connectivity index (χ1v) is 14.4. The second kappa shape index (κ2) is 13.2. The fourth-order valence-electron chi connectivity index (χ4n) is 4.99. The number of benzene rings is 1. The Bertz CT molecular complexity index is 1410. The molecule has 1 atom stereocenters. The Kier molecular flexibility index (Phi) is 8.84. The molecule has 0 radical (unpaired) electrons. The molecule has 0 spiro atoms. The van der Waals surface area contributed by atoms with E-state index in [9.17, 15) is 0 Å². The van der Waals surface area contributed by atoms with Crippen molar-refractivity contribution in [2.75, 3.05) is 51.0 Å². The fourth-order valence-corrected chi connectivity index (χ4v) is 4.99. The van der Waals surface area contributed by atoms with E-state index in [2.05, 4.69) is 35.1 Å². The van der Waals surface area contributed by atoms with Crippen molar-refractivity contribution in [1.82, 2.24) is 29.5 Å². The lowest BCUT2D eigenvalue weighted by Crippen LogP contribution is -2.37. The molecule has 2 aliphatic rings. The minimum atomic E-state index is -0.0823. The average molecular weight is 560 g/mol. The van der Waals surface area contributed by atoms with Crippen LogP contribution in [0.25, 0.3) is 17.1 Å². The summed E-state index contributed by atoms with van der Waals surface area (Å²) in [5.41, 5.74) is 4.23. The second-order valence-corrected chi connectivity index (χ2v) is 10.4. The number of aromatic nitrogens is 6. The maximum atomic E-state index is 6.08. The lowest BCUT2D eigenvalue weighted by atomic mass is 10.1. The van der Waals surface area contributed by atoms with E-state index in [-0.39, 0.29) is 6.29 Å². The van der Waals surface area contributed by atoms with E-state index in [1.54, 1.807) is 4.68 Å². The van der Waals surface area contributed by atoms with Crippen molar-refractivity contribution in [1.29, 1.82) is 0 Å². The van der Waals surface area contributed by atoms with Gasteiger partial charge in [0.05, 0.1) is 44.9 Å². The highest BCUT2D eigenvalue weighted by atomic mass is 16.7. The van der Waals surface area contributed by atoms with E-state index in [0.717, 1.165) is 61.6 Å². The van der Waals surface area contributed by atoms with Crippen molar-refractivity contribution >= 4 is 5.82 Å². The van der Waals surface area contributed by atoms with Crippen LogP contribution >= 0.6 is 0 Å². The zero-order valence-electron chi connectivity index (χ0n) is 23.5. The summed E-state index contributed by atoms with van der Waals surface area (Å²) in [4.78, 5) is 11.6. The highest BCUT2D eigenvalue weighted by Crippen LogP contribution is 2.23. The minimum absolute atomic E-state index is 0.0823. The lowest BCUT2D eigenvalue weighted by Gasteiger charge is -2.28. The molecule has 0 N–H and O–H groups in total. The van der Waals surface area contributed by atoms with Gasteiger partial charge in [-0.15, -0.1) is 0 Å². The monoisotopic (exact) mass is 559 g/mol. The van der Waals surface area contributed by atoms with Crippen LogP contribution in [0.15, 0.2) is 55.0 Å². The summed E-state index contributed by atoms with van der Waals surface area (Å²) >= 11 is 0. The molecule has 0 amide bonds. The van der Waals surface area contributed by atoms with Gasteiger partial charge in [0.2, 0.25) is 0 Å². The maximum absolute atomic E-state index is 6.08.